The Bertz CT molecular complexity index is 1760. The zero-order valence-electron chi connectivity index (χ0n) is 28.5. The number of ether oxygens (including phenoxy) is 4. The van der Waals surface area contributed by atoms with Crippen molar-refractivity contribution in [3.05, 3.63) is 58.7 Å². The number of halogens is 3. The Morgan fingerprint density at radius 3 is 2.33 bits per heavy atom. The van der Waals surface area contributed by atoms with Crippen molar-refractivity contribution >= 4 is 35.2 Å². The Morgan fingerprint density at radius 1 is 0.962 bits per heavy atom. The van der Waals surface area contributed by atoms with Gasteiger partial charge in [0.15, 0.2) is 6.10 Å². The number of nitriles is 1. The average molecular weight is 730 g/mol. The van der Waals surface area contributed by atoms with Crippen LogP contribution in [-0.4, -0.2) is 111 Å². The molecule has 2 aromatic rings. The third-order valence-corrected chi connectivity index (χ3v) is 8.79. The van der Waals surface area contributed by atoms with Crippen molar-refractivity contribution in [3.63, 3.8) is 0 Å². The summed E-state index contributed by atoms with van der Waals surface area (Å²) in [6.07, 6.45) is -5.66. The summed E-state index contributed by atoms with van der Waals surface area (Å²) in [5, 5.41) is 14.3. The van der Waals surface area contributed by atoms with Crippen molar-refractivity contribution in [2.45, 2.75) is 45.0 Å². The molecule has 0 radical (unpaired) electrons. The van der Waals surface area contributed by atoms with E-state index < -0.39 is 58.5 Å². The van der Waals surface area contributed by atoms with Gasteiger partial charge in [-0.2, -0.15) is 18.4 Å². The molecule has 2 fully saturated rings. The zero-order valence-corrected chi connectivity index (χ0v) is 28.5. The standard InChI is InChI=1S/C35H38F3N5O9/c1-34(2)20-42(33(48)29(34)52-22-7-6-21(19-39)24(18-22)35(36,37)38)11-13-50-15-17-51-16-14-49-12-10-40-25-5-3-4-23-28(25)32(47)43(31(23)46)26-8-9-27(44)41-30(26)45/h3-7,18,26,29,40H,8-17,20H2,1-2H3,(H,41,44,45). The van der Waals surface area contributed by atoms with Crippen LogP contribution in [0.25, 0.3) is 0 Å². The maximum absolute atomic E-state index is 13.4. The maximum atomic E-state index is 13.4. The van der Waals surface area contributed by atoms with Gasteiger partial charge in [0.25, 0.3) is 17.7 Å². The van der Waals surface area contributed by atoms with Crippen molar-refractivity contribution in [3.8, 4) is 11.8 Å². The van der Waals surface area contributed by atoms with E-state index in [0.717, 1.165) is 17.0 Å². The minimum absolute atomic E-state index is 0.0342. The first-order chi connectivity index (χ1) is 24.7. The molecule has 3 aliphatic heterocycles. The number of carbonyl (C=O) groups is 5. The Morgan fingerprint density at radius 2 is 1.65 bits per heavy atom. The number of anilines is 1. The number of nitrogens with zero attached hydrogens (tertiary/aromatic N) is 3. The fourth-order valence-corrected chi connectivity index (χ4v) is 6.25. The van der Waals surface area contributed by atoms with Crippen molar-refractivity contribution < 1.29 is 56.1 Å². The third kappa shape index (κ3) is 8.52. The summed E-state index contributed by atoms with van der Waals surface area (Å²) in [4.78, 5) is 65.5. The lowest BCUT2D eigenvalue weighted by Crippen LogP contribution is -2.54. The Balaban J connectivity index is 0.954. The molecule has 52 heavy (non-hydrogen) atoms. The lowest BCUT2D eigenvalue weighted by molar-refractivity contribution is -0.138. The summed E-state index contributed by atoms with van der Waals surface area (Å²) in [5.41, 5.74) is -1.59. The fraction of sp³-hybridized carbons (Fsp3) is 0.486. The van der Waals surface area contributed by atoms with Crippen LogP contribution in [0.15, 0.2) is 36.4 Å². The van der Waals surface area contributed by atoms with Gasteiger partial charge in [-0.15, -0.1) is 0 Å². The Labute approximate surface area is 297 Å². The van der Waals surface area contributed by atoms with Crippen LogP contribution in [0.1, 0.15) is 58.5 Å². The first kappa shape index (κ1) is 38.2. The minimum Gasteiger partial charge on any atom is -0.480 e. The number of hydrogen-bond acceptors (Lipinski definition) is 11. The van der Waals surface area contributed by atoms with E-state index in [4.69, 9.17) is 24.2 Å². The lowest BCUT2D eigenvalue weighted by Gasteiger charge is -2.27. The first-order valence-corrected chi connectivity index (χ1v) is 16.6. The predicted octanol–water partition coefficient (Wildman–Crippen LogP) is 2.76. The number of benzene rings is 2. The summed E-state index contributed by atoms with van der Waals surface area (Å²) in [7, 11) is 0. The van der Waals surface area contributed by atoms with Gasteiger partial charge in [-0.3, -0.25) is 34.2 Å². The SMILES string of the molecule is CC1(C)CN(CCOCCOCCOCCNc2cccc3c2C(=O)N(C2CCC(=O)NC2=O)C3=O)C(=O)C1Oc1ccc(C#N)c(C(F)(F)F)c1. The highest BCUT2D eigenvalue weighted by Crippen LogP contribution is 2.38. The van der Waals surface area contributed by atoms with Crippen LogP contribution in [0.4, 0.5) is 18.9 Å². The molecular weight excluding hydrogens is 691 g/mol. The normalized spacial score (nSPS) is 19.9. The van der Waals surface area contributed by atoms with Gasteiger partial charge >= 0.3 is 6.18 Å². The van der Waals surface area contributed by atoms with E-state index in [-0.39, 0.29) is 81.8 Å². The van der Waals surface area contributed by atoms with E-state index in [1.165, 1.54) is 23.1 Å². The van der Waals surface area contributed by atoms with E-state index in [2.05, 4.69) is 10.6 Å². The van der Waals surface area contributed by atoms with Crippen LogP contribution < -0.4 is 15.4 Å². The summed E-state index contributed by atoms with van der Waals surface area (Å²) >= 11 is 0. The molecule has 278 valence electrons. The van der Waals surface area contributed by atoms with E-state index >= 15 is 0 Å². The number of imide groups is 2. The number of carbonyl (C=O) groups excluding carboxylic acids is 5. The average Bonchev–Trinajstić information content (AvgIpc) is 3.47. The van der Waals surface area contributed by atoms with Crippen LogP contribution in [0, 0.1) is 16.7 Å². The van der Waals surface area contributed by atoms with Gasteiger partial charge in [0.05, 0.1) is 68.0 Å². The number of piperidine rings is 1. The second kappa shape index (κ2) is 16.1. The monoisotopic (exact) mass is 729 g/mol. The second-order valence-corrected chi connectivity index (χ2v) is 13.0. The topological polar surface area (TPSA) is 177 Å². The molecule has 0 saturated carbocycles. The smallest absolute Gasteiger partial charge is 0.417 e. The van der Waals surface area contributed by atoms with Crippen LogP contribution in [0.3, 0.4) is 0 Å². The molecule has 14 nitrogen and oxygen atoms in total. The van der Waals surface area contributed by atoms with Crippen molar-refractivity contribution in [1.29, 1.82) is 5.26 Å². The molecule has 2 atom stereocenters. The highest BCUT2D eigenvalue weighted by Gasteiger charge is 2.48. The van der Waals surface area contributed by atoms with Crippen LogP contribution in [0.2, 0.25) is 0 Å². The predicted molar refractivity (Wildman–Crippen MR) is 175 cm³/mol. The van der Waals surface area contributed by atoms with Gasteiger partial charge in [-0.05, 0) is 36.8 Å². The molecule has 5 amide bonds. The number of fused-ring (bicyclic) bond motifs is 1. The van der Waals surface area contributed by atoms with Crippen molar-refractivity contribution in [2.75, 3.05) is 64.6 Å². The number of amides is 5. The van der Waals surface area contributed by atoms with Crippen molar-refractivity contribution in [1.82, 2.24) is 15.1 Å². The molecule has 5 rings (SSSR count). The summed E-state index contributed by atoms with van der Waals surface area (Å²) in [6, 6.07) is 8.27. The van der Waals surface area contributed by atoms with Gasteiger partial charge in [0.1, 0.15) is 11.8 Å². The van der Waals surface area contributed by atoms with E-state index in [1.54, 1.807) is 26.0 Å². The number of nitrogens with one attached hydrogen (secondary N) is 2. The van der Waals surface area contributed by atoms with Gasteiger partial charge in [-0.25, -0.2) is 0 Å². The molecule has 0 bridgehead atoms. The molecular formula is C35H38F3N5O9. The molecule has 0 spiro atoms. The van der Waals surface area contributed by atoms with Gasteiger partial charge in [0.2, 0.25) is 11.8 Å². The molecule has 0 aromatic heterocycles. The number of alkyl halides is 3. The molecule has 0 aliphatic carbocycles. The fourth-order valence-electron chi connectivity index (χ4n) is 6.25. The Hall–Kier alpha value is -5.05. The third-order valence-electron chi connectivity index (χ3n) is 8.79. The van der Waals surface area contributed by atoms with E-state index in [0.29, 0.717) is 18.8 Å². The summed E-state index contributed by atoms with van der Waals surface area (Å²) < 4.78 is 62.6. The van der Waals surface area contributed by atoms with Crippen molar-refractivity contribution in [2.24, 2.45) is 5.41 Å². The second-order valence-electron chi connectivity index (χ2n) is 13.0. The first-order valence-electron chi connectivity index (χ1n) is 16.6. The zero-order chi connectivity index (χ0) is 37.6. The molecule has 3 heterocycles. The summed E-state index contributed by atoms with van der Waals surface area (Å²) in [6.45, 7) is 5.99. The van der Waals surface area contributed by atoms with Crippen LogP contribution in [-0.2, 0) is 34.8 Å². The molecule has 3 aliphatic rings. The Kier molecular flexibility index (Phi) is 11.8. The summed E-state index contributed by atoms with van der Waals surface area (Å²) in [5.74, 6) is -2.84. The van der Waals surface area contributed by atoms with E-state index in [9.17, 15) is 37.1 Å². The minimum atomic E-state index is -4.75. The number of hydrogen-bond donors (Lipinski definition) is 2. The highest BCUT2D eigenvalue weighted by atomic mass is 19.4. The van der Waals surface area contributed by atoms with Gasteiger partial charge in [0, 0.05) is 37.2 Å². The number of likely N-dealkylation sites (tertiary alicyclic amines) is 1. The van der Waals surface area contributed by atoms with Crippen LogP contribution in [0.5, 0.6) is 5.75 Å². The number of rotatable bonds is 16. The molecule has 2 saturated heterocycles. The van der Waals surface area contributed by atoms with Gasteiger partial charge in [-0.1, -0.05) is 19.9 Å². The maximum Gasteiger partial charge on any atom is 0.417 e. The molecule has 2 N–H and O–H groups in total. The van der Waals surface area contributed by atoms with Crippen LogP contribution >= 0.6 is 0 Å². The lowest BCUT2D eigenvalue weighted by atomic mass is 9.89. The molecule has 2 aromatic carbocycles. The largest absolute Gasteiger partial charge is 0.480 e. The quantitative estimate of drug-likeness (QED) is 0.192. The highest BCUT2D eigenvalue weighted by molar-refractivity contribution is 6.25. The van der Waals surface area contributed by atoms with Gasteiger partial charge < -0.3 is 29.2 Å². The molecule has 2 unspecified atom stereocenters. The van der Waals surface area contributed by atoms with E-state index in [1.807, 2.05) is 0 Å². The molecule has 17 heteroatoms.